The summed E-state index contributed by atoms with van der Waals surface area (Å²) in [6, 6.07) is 28.8. The van der Waals surface area contributed by atoms with Gasteiger partial charge < -0.3 is 38.4 Å². The topological polar surface area (TPSA) is 95.9 Å². The molecule has 0 saturated carbocycles. The third kappa shape index (κ3) is 10.3. The molecule has 4 aromatic carbocycles. The predicted octanol–water partition coefficient (Wildman–Crippen LogP) is 8.24. The second kappa shape index (κ2) is 18.1. The zero-order valence-electron chi connectivity index (χ0n) is 27.6. The number of ether oxygens (including phenoxy) is 6. The first-order chi connectivity index (χ1) is 23.8. The maximum Gasteiger partial charge on any atom is 0.407 e. The molecule has 0 bridgehead atoms. The standard InChI is InChI=1S/C38H41Cl2NO8/c1-44-33-15-9-27(19-31(33)39)24-48-35-21-41(38(42)43)22-36(49-25-28-10-16-34(45-2)32(40)20-28)37(35)29-11-13-30(14-12-29)47-18-6-17-46-23-26-7-4-3-5-8-26/h3-5,7-16,19-20,35-37H,6,17-18,21-25H2,1-2H3,(H,42,43). The molecule has 1 saturated heterocycles. The van der Waals surface area contributed by atoms with Gasteiger partial charge in [-0.2, -0.15) is 0 Å². The van der Waals surface area contributed by atoms with E-state index in [1.165, 1.54) is 4.90 Å². The Bertz CT molecular complexity index is 1570. The van der Waals surface area contributed by atoms with Gasteiger partial charge in [0.05, 0.1) is 82.6 Å². The van der Waals surface area contributed by atoms with E-state index >= 15 is 0 Å². The number of likely N-dealkylation sites (tertiary alicyclic amines) is 1. The van der Waals surface area contributed by atoms with Gasteiger partial charge in [-0.15, -0.1) is 0 Å². The maximum absolute atomic E-state index is 12.3. The lowest BCUT2D eigenvalue weighted by atomic mass is 9.84. The fourth-order valence-electron chi connectivity index (χ4n) is 5.78. The first-order valence-corrected chi connectivity index (χ1v) is 16.8. The number of benzene rings is 4. The van der Waals surface area contributed by atoms with Crippen molar-refractivity contribution in [3.05, 3.63) is 123 Å². The molecule has 1 fully saturated rings. The van der Waals surface area contributed by atoms with Crippen molar-refractivity contribution >= 4 is 29.3 Å². The molecule has 0 aromatic heterocycles. The maximum atomic E-state index is 12.3. The molecular formula is C38H41Cl2NO8. The summed E-state index contributed by atoms with van der Waals surface area (Å²) in [7, 11) is 3.12. The predicted molar refractivity (Wildman–Crippen MR) is 188 cm³/mol. The molecule has 2 atom stereocenters. The van der Waals surface area contributed by atoms with Crippen molar-refractivity contribution in [3.8, 4) is 17.2 Å². The Balaban J connectivity index is 1.29. The Morgan fingerprint density at radius 2 is 1.31 bits per heavy atom. The Labute approximate surface area is 297 Å². The summed E-state index contributed by atoms with van der Waals surface area (Å²) in [5.74, 6) is 1.56. The van der Waals surface area contributed by atoms with Gasteiger partial charge in [0.2, 0.25) is 0 Å². The van der Waals surface area contributed by atoms with E-state index in [9.17, 15) is 9.90 Å². The van der Waals surface area contributed by atoms with Crippen molar-refractivity contribution in [3.63, 3.8) is 0 Å². The van der Waals surface area contributed by atoms with E-state index in [2.05, 4.69) is 0 Å². The molecule has 1 amide bonds. The molecule has 2 unspecified atom stereocenters. The van der Waals surface area contributed by atoms with Crippen LogP contribution < -0.4 is 14.2 Å². The van der Waals surface area contributed by atoms with Gasteiger partial charge in [0.1, 0.15) is 17.2 Å². The van der Waals surface area contributed by atoms with E-state index in [4.69, 9.17) is 51.6 Å². The molecule has 0 aliphatic carbocycles. The van der Waals surface area contributed by atoms with E-state index in [0.717, 1.165) is 34.4 Å². The average Bonchev–Trinajstić information content (AvgIpc) is 3.12. The molecule has 1 aliphatic rings. The number of nitrogens with zero attached hydrogens (tertiary/aromatic N) is 1. The van der Waals surface area contributed by atoms with Crippen LogP contribution in [0.25, 0.3) is 0 Å². The van der Waals surface area contributed by atoms with Crippen LogP contribution in [0.1, 0.15) is 34.6 Å². The highest BCUT2D eigenvalue weighted by Crippen LogP contribution is 2.36. The number of methoxy groups -OCH3 is 2. The van der Waals surface area contributed by atoms with E-state index in [1.54, 1.807) is 38.5 Å². The molecule has 1 aliphatic heterocycles. The van der Waals surface area contributed by atoms with Gasteiger partial charge in [0.15, 0.2) is 0 Å². The second-order valence-corrected chi connectivity index (χ2v) is 12.5. The zero-order chi connectivity index (χ0) is 34.6. The summed E-state index contributed by atoms with van der Waals surface area (Å²) in [5, 5.41) is 11.0. The molecule has 5 rings (SSSR count). The van der Waals surface area contributed by atoms with Crippen molar-refractivity contribution in [1.82, 2.24) is 4.90 Å². The van der Waals surface area contributed by atoms with Crippen LogP contribution in [0.15, 0.2) is 91.0 Å². The minimum absolute atomic E-state index is 0.166. The normalized spacial score (nSPS) is 17.5. The fraction of sp³-hybridized carbons (Fsp3) is 0.342. The highest BCUT2D eigenvalue weighted by molar-refractivity contribution is 6.32. The Hall–Kier alpha value is -3.99. The van der Waals surface area contributed by atoms with Gasteiger partial charge in [-0.25, -0.2) is 4.79 Å². The average molecular weight is 711 g/mol. The number of rotatable bonds is 16. The molecule has 1 heterocycles. The summed E-state index contributed by atoms with van der Waals surface area (Å²) in [4.78, 5) is 13.6. The van der Waals surface area contributed by atoms with Crippen molar-refractivity contribution in [2.75, 3.05) is 40.5 Å². The number of carboxylic acid groups (broad SMARTS) is 1. The second-order valence-electron chi connectivity index (χ2n) is 11.7. The number of amides is 1. The molecule has 260 valence electrons. The molecule has 4 aromatic rings. The quantitative estimate of drug-likeness (QED) is 0.116. The molecule has 0 radical (unpaired) electrons. The Morgan fingerprint density at radius 3 is 1.82 bits per heavy atom. The number of hydrogen-bond acceptors (Lipinski definition) is 7. The summed E-state index contributed by atoms with van der Waals surface area (Å²) in [6.45, 7) is 2.43. The number of carbonyl (C=O) groups is 1. The van der Waals surface area contributed by atoms with Gasteiger partial charge in [0, 0.05) is 12.3 Å². The van der Waals surface area contributed by atoms with E-state index in [-0.39, 0.29) is 32.2 Å². The number of halogens is 2. The van der Waals surface area contributed by atoms with Crippen LogP contribution in [0.5, 0.6) is 17.2 Å². The lowest BCUT2D eigenvalue weighted by Gasteiger charge is -2.42. The van der Waals surface area contributed by atoms with Crippen molar-refractivity contribution in [1.29, 1.82) is 0 Å². The SMILES string of the molecule is COc1ccc(COC2CN(C(=O)O)CC(OCc3ccc(OC)c(Cl)c3)C2c2ccc(OCCCOCc3ccccc3)cc2)cc1Cl. The minimum Gasteiger partial charge on any atom is -0.495 e. The van der Waals surface area contributed by atoms with Gasteiger partial charge in [-0.05, 0) is 58.7 Å². The van der Waals surface area contributed by atoms with Crippen LogP contribution in [-0.4, -0.2) is 68.8 Å². The van der Waals surface area contributed by atoms with Crippen LogP contribution in [0.2, 0.25) is 10.0 Å². The minimum atomic E-state index is -1.04. The van der Waals surface area contributed by atoms with Crippen molar-refractivity contribution in [2.45, 2.75) is 44.4 Å². The van der Waals surface area contributed by atoms with Crippen LogP contribution in [0, 0.1) is 0 Å². The van der Waals surface area contributed by atoms with Crippen LogP contribution in [-0.2, 0) is 34.0 Å². The monoisotopic (exact) mass is 709 g/mol. The largest absolute Gasteiger partial charge is 0.495 e. The first kappa shape index (κ1) is 36.3. The molecule has 1 N–H and O–H groups in total. The van der Waals surface area contributed by atoms with Crippen molar-refractivity contribution < 1.29 is 38.3 Å². The summed E-state index contributed by atoms with van der Waals surface area (Å²) >= 11 is 12.7. The van der Waals surface area contributed by atoms with Gasteiger partial charge >= 0.3 is 6.09 Å². The highest BCUT2D eigenvalue weighted by Gasteiger charge is 2.41. The van der Waals surface area contributed by atoms with Crippen LogP contribution >= 0.6 is 23.2 Å². The third-order valence-electron chi connectivity index (χ3n) is 8.31. The first-order valence-electron chi connectivity index (χ1n) is 16.0. The smallest absolute Gasteiger partial charge is 0.407 e. The van der Waals surface area contributed by atoms with Crippen molar-refractivity contribution in [2.24, 2.45) is 0 Å². The van der Waals surface area contributed by atoms with E-state index in [1.807, 2.05) is 66.7 Å². The lowest BCUT2D eigenvalue weighted by molar-refractivity contribution is -0.0937. The summed E-state index contributed by atoms with van der Waals surface area (Å²) in [5.41, 5.74) is 3.75. The molecule has 11 heteroatoms. The highest BCUT2D eigenvalue weighted by atomic mass is 35.5. The molecular weight excluding hydrogens is 669 g/mol. The lowest BCUT2D eigenvalue weighted by Crippen LogP contribution is -2.54. The molecule has 9 nitrogen and oxygen atoms in total. The van der Waals surface area contributed by atoms with Gasteiger partial charge in [-0.3, -0.25) is 0 Å². The van der Waals surface area contributed by atoms with Gasteiger partial charge in [0.25, 0.3) is 0 Å². The van der Waals surface area contributed by atoms with E-state index in [0.29, 0.717) is 41.4 Å². The summed E-state index contributed by atoms with van der Waals surface area (Å²) in [6.07, 6.45) is -1.34. The van der Waals surface area contributed by atoms with Crippen LogP contribution in [0.3, 0.4) is 0 Å². The van der Waals surface area contributed by atoms with E-state index < -0.39 is 18.3 Å². The zero-order valence-corrected chi connectivity index (χ0v) is 29.1. The molecule has 0 spiro atoms. The summed E-state index contributed by atoms with van der Waals surface area (Å²) < 4.78 is 35.3. The Morgan fingerprint density at radius 1 is 0.735 bits per heavy atom. The number of piperidine rings is 1. The number of hydrogen-bond donors (Lipinski definition) is 1. The van der Waals surface area contributed by atoms with Crippen LogP contribution in [0.4, 0.5) is 4.79 Å². The third-order valence-corrected chi connectivity index (χ3v) is 8.90. The fourth-order valence-corrected chi connectivity index (χ4v) is 6.34. The molecule has 49 heavy (non-hydrogen) atoms. The Kier molecular flexibility index (Phi) is 13.4. The van der Waals surface area contributed by atoms with Gasteiger partial charge in [-0.1, -0.05) is 77.8 Å².